The van der Waals surface area contributed by atoms with Gasteiger partial charge in [-0.05, 0) is 63.4 Å². The quantitative estimate of drug-likeness (QED) is 0.515. The molecule has 0 aliphatic carbocycles. The minimum Gasteiger partial charge on any atom is -0.408 e. The highest BCUT2D eigenvalue weighted by Crippen LogP contribution is 2.31. The third kappa shape index (κ3) is 3.79. The lowest BCUT2D eigenvalue weighted by molar-refractivity contribution is 0.0864. The number of sulfonamides is 1. The number of unbranched alkanes of at least 4 members (excludes halogenated alkanes) is 1. The summed E-state index contributed by atoms with van der Waals surface area (Å²) < 4.78 is 33.5. The lowest BCUT2D eigenvalue weighted by atomic mass is 9.97. The lowest BCUT2D eigenvalue weighted by Crippen LogP contribution is -2.43. The van der Waals surface area contributed by atoms with Gasteiger partial charge in [0, 0.05) is 25.2 Å². The highest BCUT2D eigenvalue weighted by molar-refractivity contribution is 7.90. The summed E-state index contributed by atoms with van der Waals surface area (Å²) in [5.74, 6) is -0.739. The van der Waals surface area contributed by atoms with Crippen molar-refractivity contribution in [3.8, 4) is 0 Å². The Morgan fingerprint density at radius 1 is 1.00 bits per heavy atom. The number of hydrogen-bond acceptors (Lipinski definition) is 6. The van der Waals surface area contributed by atoms with Crippen LogP contribution < -0.4 is 5.76 Å². The predicted molar refractivity (Wildman–Crippen MR) is 124 cm³/mol. The second-order valence-electron chi connectivity index (χ2n) is 8.85. The van der Waals surface area contributed by atoms with Crippen molar-refractivity contribution >= 4 is 27.0 Å². The third-order valence-corrected chi connectivity index (χ3v) is 8.68. The average Bonchev–Trinajstić information content (AvgIpc) is 3.23. The summed E-state index contributed by atoms with van der Waals surface area (Å²) in [7, 11) is -3.74. The summed E-state index contributed by atoms with van der Waals surface area (Å²) in [4.78, 5) is 27.4. The van der Waals surface area contributed by atoms with Crippen molar-refractivity contribution in [3.63, 3.8) is 0 Å². The molecule has 9 heteroatoms. The SMILES string of the molecule is C[C@@H]1C[C@@H](n2c(=O)oc3ccccc32)CCN1CCCCN1C(=O)c2ccccc2S1(=O)=O. The fraction of sp³-hybridized carbons (Fsp3) is 0.417. The van der Waals surface area contributed by atoms with E-state index in [9.17, 15) is 18.0 Å². The molecule has 3 aromatic rings. The number of aromatic nitrogens is 1. The number of carbonyl (C=O) groups excluding carboxylic acids is 1. The van der Waals surface area contributed by atoms with Gasteiger partial charge in [-0.1, -0.05) is 24.3 Å². The van der Waals surface area contributed by atoms with Crippen LogP contribution in [-0.4, -0.2) is 53.8 Å². The first-order chi connectivity index (χ1) is 15.9. The van der Waals surface area contributed by atoms with Crippen molar-refractivity contribution < 1.29 is 17.6 Å². The van der Waals surface area contributed by atoms with E-state index in [0.717, 1.165) is 42.2 Å². The Morgan fingerprint density at radius 3 is 2.52 bits per heavy atom. The summed E-state index contributed by atoms with van der Waals surface area (Å²) in [5.41, 5.74) is 1.71. The monoisotopic (exact) mass is 469 g/mol. The van der Waals surface area contributed by atoms with Crippen molar-refractivity contribution in [2.45, 2.75) is 49.6 Å². The molecule has 2 aliphatic rings. The van der Waals surface area contributed by atoms with Gasteiger partial charge in [0.05, 0.1) is 11.1 Å². The molecule has 3 heterocycles. The van der Waals surface area contributed by atoms with Gasteiger partial charge in [-0.2, -0.15) is 0 Å². The summed E-state index contributed by atoms with van der Waals surface area (Å²) in [6, 6.07) is 14.3. The molecule has 0 unspecified atom stereocenters. The van der Waals surface area contributed by atoms with Gasteiger partial charge in [0.1, 0.15) is 4.90 Å². The number of amides is 1. The molecular formula is C24H27N3O5S. The number of rotatable bonds is 6. The number of fused-ring (bicyclic) bond motifs is 2. The van der Waals surface area contributed by atoms with Crippen molar-refractivity contribution in [1.82, 2.24) is 13.8 Å². The standard InChI is InChI=1S/C24H27N3O5S/c1-17-16-18(27-20-9-3-4-10-21(20)32-24(27)29)12-15-25(17)13-6-7-14-26-23(28)19-8-2-5-11-22(19)33(26,30)31/h2-5,8-11,17-18H,6-7,12-16H2,1H3/t17-,18+/m1/s1. The van der Waals surface area contributed by atoms with E-state index in [-0.39, 0.29) is 34.8 Å². The highest BCUT2D eigenvalue weighted by atomic mass is 32.2. The zero-order valence-electron chi connectivity index (χ0n) is 18.5. The topological polar surface area (TPSA) is 92.8 Å². The Bertz CT molecular complexity index is 1360. The molecule has 1 amide bonds. The number of likely N-dealkylation sites (tertiary alicyclic amines) is 1. The van der Waals surface area contributed by atoms with Gasteiger partial charge in [-0.3, -0.25) is 9.36 Å². The summed E-state index contributed by atoms with van der Waals surface area (Å²) in [5, 5.41) is 0. The summed E-state index contributed by atoms with van der Waals surface area (Å²) in [6.45, 7) is 4.02. The zero-order valence-corrected chi connectivity index (χ0v) is 19.3. The van der Waals surface area contributed by atoms with E-state index >= 15 is 0 Å². The second-order valence-corrected chi connectivity index (χ2v) is 10.7. The van der Waals surface area contributed by atoms with E-state index in [0.29, 0.717) is 12.0 Å². The molecule has 2 atom stereocenters. The Labute approximate surface area is 192 Å². The van der Waals surface area contributed by atoms with Gasteiger partial charge in [-0.25, -0.2) is 17.5 Å². The fourth-order valence-corrected chi connectivity index (χ4v) is 6.72. The number of oxazole rings is 1. The molecule has 33 heavy (non-hydrogen) atoms. The average molecular weight is 470 g/mol. The molecule has 0 radical (unpaired) electrons. The number of hydrogen-bond donors (Lipinski definition) is 0. The van der Waals surface area contributed by atoms with Gasteiger partial charge in [-0.15, -0.1) is 0 Å². The lowest BCUT2D eigenvalue weighted by Gasteiger charge is -2.38. The number of carbonyl (C=O) groups is 1. The molecule has 0 saturated carbocycles. The minimum absolute atomic E-state index is 0.0956. The predicted octanol–water partition coefficient (Wildman–Crippen LogP) is 3.24. The van der Waals surface area contributed by atoms with E-state index in [4.69, 9.17) is 4.42 Å². The number of para-hydroxylation sites is 2. The van der Waals surface area contributed by atoms with E-state index < -0.39 is 15.9 Å². The number of piperidine rings is 1. The Balaban J connectivity index is 1.16. The molecule has 8 nitrogen and oxygen atoms in total. The molecule has 2 aliphatic heterocycles. The molecule has 174 valence electrons. The van der Waals surface area contributed by atoms with Gasteiger partial charge in [0.2, 0.25) is 0 Å². The van der Waals surface area contributed by atoms with E-state index in [2.05, 4.69) is 11.8 Å². The molecule has 5 rings (SSSR count). The van der Waals surface area contributed by atoms with Gasteiger partial charge < -0.3 is 9.32 Å². The number of benzene rings is 2. The van der Waals surface area contributed by atoms with Crippen LogP contribution in [0.4, 0.5) is 0 Å². The first-order valence-electron chi connectivity index (χ1n) is 11.4. The maximum absolute atomic E-state index is 12.7. The van der Waals surface area contributed by atoms with Crippen LogP contribution in [0, 0.1) is 0 Å². The van der Waals surface area contributed by atoms with Crippen molar-refractivity contribution in [1.29, 1.82) is 0 Å². The largest absolute Gasteiger partial charge is 0.420 e. The van der Waals surface area contributed by atoms with Crippen LogP contribution >= 0.6 is 0 Å². The Morgan fingerprint density at radius 2 is 1.73 bits per heavy atom. The van der Waals surface area contributed by atoms with E-state index in [1.165, 1.54) is 6.07 Å². The maximum atomic E-state index is 12.7. The first kappa shape index (κ1) is 21.9. The van der Waals surface area contributed by atoms with Crippen LogP contribution in [0.15, 0.2) is 62.6 Å². The van der Waals surface area contributed by atoms with Crippen molar-refractivity contribution in [3.05, 3.63) is 64.6 Å². The van der Waals surface area contributed by atoms with Gasteiger partial charge in [0.15, 0.2) is 5.58 Å². The van der Waals surface area contributed by atoms with E-state index in [1.807, 2.05) is 24.3 Å². The number of nitrogens with zero attached hydrogens (tertiary/aromatic N) is 3. The molecule has 0 N–H and O–H groups in total. The van der Waals surface area contributed by atoms with Crippen molar-refractivity contribution in [2.75, 3.05) is 19.6 Å². The minimum atomic E-state index is -3.74. The third-order valence-electron chi connectivity index (χ3n) is 6.84. The molecule has 0 bridgehead atoms. The first-order valence-corrected chi connectivity index (χ1v) is 12.8. The molecule has 1 saturated heterocycles. The zero-order chi connectivity index (χ0) is 23.2. The fourth-order valence-electron chi connectivity index (χ4n) is 5.11. The molecule has 1 aromatic heterocycles. The van der Waals surface area contributed by atoms with Crippen LogP contribution in [-0.2, 0) is 10.0 Å². The van der Waals surface area contributed by atoms with Crippen LogP contribution in [0.25, 0.3) is 11.1 Å². The van der Waals surface area contributed by atoms with Crippen molar-refractivity contribution in [2.24, 2.45) is 0 Å². The van der Waals surface area contributed by atoms with Crippen LogP contribution in [0.3, 0.4) is 0 Å². The van der Waals surface area contributed by atoms with Gasteiger partial charge >= 0.3 is 5.76 Å². The normalized spacial score (nSPS) is 22.7. The second kappa shape index (κ2) is 8.46. The van der Waals surface area contributed by atoms with Crippen LogP contribution in [0.5, 0.6) is 0 Å². The summed E-state index contributed by atoms with van der Waals surface area (Å²) >= 11 is 0. The Kier molecular flexibility index (Phi) is 5.62. The maximum Gasteiger partial charge on any atom is 0.420 e. The highest BCUT2D eigenvalue weighted by Gasteiger charge is 2.40. The summed E-state index contributed by atoms with van der Waals surface area (Å²) in [6.07, 6.45) is 3.09. The smallest absolute Gasteiger partial charge is 0.408 e. The molecule has 1 fully saturated rings. The molecular weight excluding hydrogens is 442 g/mol. The molecule has 0 spiro atoms. The molecule has 2 aromatic carbocycles. The van der Waals surface area contributed by atoms with Crippen LogP contribution in [0.1, 0.15) is 49.0 Å². The van der Waals surface area contributed by atoms with Crippen LogP contribution in [0.2, 0.25) is 0 Å². The van der Waals surface area contributed by atoms with E-state index in [1.54, 1.807) is 22.8 Å². The Hall–Kier alpha value is -2.91. The van der Waals surface area contributed by atoms with Gasteiger partial charge in [0.25, 0.3) is 15.9 Å².